The Morgan fingerprint density at radius 2 is 1.84 bits per heavy atom. The third-order valence-electron chi connectivity index (χ3n) is 2.46. The van der Waals surface area contributed by atoms with Crippen molar-refractivity contribution in [1.82, 2.24) is 0 Å². The number of rotatable bonds is 3. The fourth-order valence-corrected chi connectivity index (χ4v) is 2.70. The van der Waals surface area contributed by atoms with Crippen LogP contribution in [0.15, 0.2) is 47.4 Å². The predicted molar refractivity (Wildman–Crippen MR) is 70.4 cm³/mol. The highest BCUT2D eigenvalue weighted by Crippen LogP contribution is 2.25. The highest BCUT2D eigenvalue weighted by atomic mass is 35.5. The summed E-state index contributed by atoms with van der Waals surface area (Å²) in [6.45, 7) is 1.70. The van der Waals surface area contributed by atoms with E-state index in [9.17, 15) is 12.8 Å². The number of aryl methyl sites for hydroxylation is 1. The third kappa shape index (κ3) is 3.05. The van der Waals surface area contributed by atoms with Crippen molar-refractivity contribution in [3.8, 4) is 5.75 Å². The minimum Gasteiger partial charge on any atom is -0.379 e. The van der Waals surface area contributed by atoms with E-state index < -0.39 is 20.8 Å². The van der Waals surface area contributed by atoms with Crippen molar-refractivity contribution < 1.29 is 17.0 Å². The van der Waals surface area contributed by atoms with Crippen molar-refractivity contribution in [1.29, 1.82) is 0 Å². The highest BCUT2D eigenvalue weighted by molar-refractivity contribution is 7.87. The van der Waals surface area contributed by atoms with Gasteiger partial charge in [0.1, 0.15) is 16.5 Å². The summed E-state index contributed by atoms with van der Waals surface area (Å²) in [4.78, 5) is -0.542. The number of para-hydroxylation sites is 1. The summed E-state index contributed by atoms with van der Waals surface area (Å²) in [6, 6.07) is 9.87. The predicted octanol–water partition coefficient (Wildman–Crippen LogP) is 3.56. The molecule has 0 fully saturated rings. The van der Waals surface area contributed by atoms with Gasteiger partial charge in [-0.1, -0.05) is 29.8 Å². The first-order chi connectivity index (χ1) is 8.90. The Labute approximate surface area is 115 Å². The molecule has 3 nitrogen and oxygen atoms in total. The fraction of sp³-hybridized carbons (Fsp3) is 0.0769. The average molecular weight is 301 g/mol. The second-order valence-electron chi connectivity index (χ2n) is 3.88. The summed E-state index contributed by atoms with van der Waals surface area (Å²) in [6.07, 6.45) is 0. The van der Waals surface area contributed by atoms with E-state index >= 15 is 0 Å². The van der Waals surface area contributed by atoms with Gasteiger partial charge in [-0.3, -0.25) is 0 Å². The van der Waals surface area contributed by atoms with Crippen LogP contribution < -0.4 is 4.18 Å². The summed E-state index contributed by atoms with van der Waals surface area (Å²) in [5.74, 6) is -0.780. The van der Waals surface area contributed by atoms with Gasteiger partial charge in [-0.2, -0.15) is 8.42 Å². The Morgan fingerprint density at radius 3 is 2.47 bits per heavy atom. The molecule has 0 spiro atoms. The van der Waals surface area contributed by atoms with E-state index in [1.165, 1.54) is 12.1 Å². The lowest BCUT2D eigenvalue weighted by atomic mass is 10.2. The molecule has 2 rings (SSSR count). The number of hydrogen-bond acceptors (Lipinski definition) is 3. The minimum atomic E-state index is -4.22. The van der Waals surface area contributed by atoms with Crippen molar-refractivity contribution in [2.24, 2.45) is 0 Å². The Morgan fingerprint density at radius 1 is 1.16 bits per heavy atom. The zero-order chi connectivity index (χ0) is 14.0. The molecule has 0 radical (unpaired) electrons. The Hall–Kier alpha value is -1.59. The first kappa shape index (κ1) is 13.8. The molecular weight excluding hydrogens is 291 g/mol. The Kier molecular flexibility index (Phi) is 3.78. The number of halogens is 2. The molecule has 2 aromatic rings. The van der Waals surface area contributed by atoms with Gasteiger partial charge in [-0.25, -0.2) is 4.39 Å². The van der Waals surface area contributed by atoms with E-state index in [0.29, 0.717) is 5.56 Å². The molecule has 6 heteroatoms. The zero-order valence-electron chi connectivity index (χ0n) is 9.93. The van der Waals surface area contributed by atoms with Gasteiger partial charge < -0.3 is 4.18 Å². The van der Waals surface area contributed by atoms with Crippen LogP contribution in [0.25, 0.3) is 0 Å². The van der Waals surface area contributed by atoms with Crippen molar-refractivity contribution in [2.75, 3.05) is 0 Å². The average Bonchev–Trinajstić information content (AvgIpc) is 2.31. The number of hydrogen-bond donors (Lipinski definition) is 0. The van der Waals surface area contributed by atoms with Crippen LogP contribution in [-0.2, 0) is 10.1 Å². The normalized spacial score (nSPS) is 11.3. The van der Waals surface area contributed by atoms with E-state index in [1.807, 2.05) is 0 Å². The summed E-state index contributed by atoms with van der Waals surface area (Å²) in [5, 5.41) is 0.118. The molecule has 0 aromatic heterocycles. The summed E-state index contributed by atoms with van der Waals surface area (Å²) in [7, 11) is -4.22. The lowest BCUT2D eigenvalue weighted by molar-refractivity contribution is 0.475. The monoisotopic (exact) mass is 300 g/mol. The minimum absolute atomic E-state index is 0.118. The van der Waals surface area contributed by atoms with Gasteiger partial charge in [0.25, 0.3) is 0 Å². The first-order valence-corrected chi connectivity index (χ1v) is 7.14. The van der Waals surface area contributed by atoms with Crippen molar-refractivity contribution >= 4 is 21.7 Å². The van der Waals surface area contributed by atoms with Crippen molar-refractivity contribution in [3.63, 3.8) is 0 Å². The van der Waals surface area contributed by atoms with E-state index in [0.717, 1.165) is 12.1 Å². The maximum Gasteiger partial charge on any atom is 0.342 e. The Bertz CT molecular complexity index is 714. The van der Waals surface area contributed by atoms with Crippen LogP contribution in [0, 0.1) is 12.7 Å². The summed E-state index contributed by atoms with van der Waals surface area (Å²) in [5.41, 5.74) is 0.639. The second kappa shape index (κ2) is 5.19. The zero-order valence-corrected chi connectivity index (χ0v) is 11.5. The molecule has 0 unspecified atom stereocenters. The van der Waals surface area contributed by atoms with Gasteiger partial charge in [0.2, 0.25) is 0 Å². The molecule has 0 aliphatic carbocycles. The van der Waals surface area contributed by atoms with Crippen LogP contribution in [0.5, 0.6) is 5.75 Å². The smallest absolute Gasteiger partial charge is 0.342 e. The van der Waals surface area contributed by atoms with Gasteiger partial charge in [0.15, 0.2) is 0 Å². The quantitative estimate of drug-likeness (QED) is 0.814. The molecule has 0 aliphatic rings. The van der Waals surface area contributed by atoms with Gasteiger partial charge in [0.05, 0.1) is 0 Å². The van der Waals surface area contributed by atoms with Crippen LogP contribution >= 0.6 is 11.6 Å². The van der Waals surface area contributed by atoms with Gasteiger partial charge in [0, 0.05) is 5.02 Å². The standard InChI is InChI=1S/C13H10ClFO3S/c1-9-4-2-3-5-12(9)18-19(16,17)13-7-6-10(14)8-11(13)15/h2-8H,1H3. The van der Waals surface area contributed by atoms with Gasteiger partial charge in [-0.15, -0.1) is 0 Å². The lowest BCUT2D eigenvalue weighted by Gasteiger charge is -2.09. The maximum absolute atomic E-state index is 13.6. The molecule has 0 heterocycles. The van der Waals surface area contributed by atoms with Gasteiger partial charge in [-0.05, 0) is 36.8 Å². The lowest BCUT2D eigenvalue weighted by Crippen LogP contribution is -2.12. The molecule has 0 atom stereocenters. The van der Waals surface area contributed by atoms with Crippen LogP contribution in [0.3, 0.4) is 0 Å². The summed E-state index contributed by atoms with van der Waals surface area (Å²) >= 11 is 5.58. The molecule has 0 amide bonds. The SMILES string of the molecule is Cc1ccccc1OS(=O)(=O)c1ccc(Cl)cc1F. The van der Waals surface area contributed by atoms with E-state index in [1.54, 1.807) is 25.1 Å². The third-order valence-corrected chi connectivity index (χ3v) is 3.96. The molecule has 0 aliphatic heterocycles. The fourth-order valence-electron chi connectivity index (χ4n) is 1.49. The topological polar surface area (TPSA) is 43.4 Å². The molecule has 0 saturated heterocycles. The molecule has 0 N–H and O–H groups in total. The largest absolute Gasteiger partial charge is 0.379 e. The maximum atomic E-state index is 13.6. The van der Waals surface area contributed by atoms with Crippen molar-refractivity contribution in [2.45, 2.75) is 11.8 Å². The first-order valence-electron chi connectivity index (χ1n) is 5.35. The van der Waals surface area contributed by atoms with Crippen LogP contribution in [0.4, 0.5) is 4.39 Å². The second-order valence-corrected chi connectivity index (χ2v) is 5.83. The molecular formula is C13H10ClFO3S. The molecule has 2 aromatic carbocycles. The van der Waals surface area contributed by atoms with E-state index in [-0.39, 0.29) is 10.8 Å². The summed E-state index contributed by atoms with van der Waals surface area (Å²) < 4.78 is 42.5. The van der Waals surface area contributed by atoms with Crippen LogP contribution in [0.2, 0.25) is 5.02 Å². The molecule has 100 valence electrons. The van der Waals surface area contributed by atoms with Gasteiger partial charge >= 0.3 is 10.1 Å². The van der Waals surface area contributed by atoms with E-state index in [2.05, 4.69) is 0 Å². The molecule has 0 bridgehead atoms. The molecule has 19 heavy (non-hydrogen) atoms. The van der Waals surface area contributed by atoms with Crippen molar-refractivity contribution in [3.05, 3.63) is 58.9 Å². The van der Waals surface area contributed by atoms with Crippen LogP contribution in [0.1, 0.15) is 5.56 Å². The molecule has 0 saturated carbocycles. The highest BCUT2D eigenvalue weighted by Gasteiger charge is 2.22. The van der Waals surface area contributed by atoms with E-state index in [4.69, 9.17) is 15.8 Å². The number of benzene rings is 2. The van der Waals surface area contributed by atoms with Crippen LogP contribution in [-0.4, -0.2) is 8.42 Å². The Balaban J connectivity index is 2.41.